The summed E-state index contributed by atoms with van der Waals surface area (Å²) in [5.41, 5.74) is 1.74. The Bertz CT molecular complexity index is 429. The number of benzene rings is 1. The summed E-state index contributed by atoms with van der Waals surface area (Å²) in [6.45, 7) is 3.97. The normalized spacial score (nSPS) is 20.7. The molecule has 0 aromatic heterocycles. The Balaban J connectivity index is 2.38. The number of hydrogen-bond donors (Lipinski definition) is 1. The van der Waals surface area contributed by atoms with Gasteiger partial charge in [-0.25, -0.2) is 8.78 Å². The number of allylic oxidation sites excluding steroid dienone is 1. The molecule has 0 radical (unpaired) electrons. The lowest BCUT2D eigenvalue weighted by Gasteiger charge is -2.03. The fourth-order valence-electron chi connectivity index (χ4n) is 1.59. The molecule has 1 unspecified atom stereocenters. The second kappa shape index (κ2) is 3.85. The average Bonchev–Trinajstić information content (AvgIpc) is 2.50. The lowest BCUT2D eigenvalue weighted by Crippen LogP contribution is -2.14. The zero-order valence-electron chi connectivity index (χ0n) is 8.47. The zero-order chi connectivity index (χ0) is 11.0. The average molecular weight is 227 g/mol. The van der Waals surface area contributed by atoms with E-state index in [-0.39, 0.29) is 5.37 Å². The van der Waals surface area contributed by atoms with Crippen molar-refractivity contribution in [1.82, 2.24) is 5.32 Å². The third-order valence-electron chi connectivity index (χ3n) is 2.24. The number of thioether (sulfide) groups is 1. The highest BCUT2D eigenvalue weighted by Crippen LogP contribution is 2.37. The summed E-state index contributed by atoms with van der Waals surface area (Å²) in [6.07, 6.45) is 0. The lowest BCUT2D eigenvalue weighted by atomic mass is 10.2. The van der Waals surface area contributed by atoms with Crippen LogP contribution in [0.4, 0.5) is 8.78 Å². The molecule has 0 fully saturated rings. The minimum Gasteiger partial charge on any atom is -0.376 e. The molecule has 80 valence electrons. The van der Waals surface area contributed by atoms with Gasteiger partial charge in [-0.2, -0.15) is 0 Å². The topological polar surface area (TPSA) is 12.0 Å². The van der Waals surface area contributed by atoms with Gasteiger partial charge < -0.3 is 5.32 Å². The summed E-state index contributed by atoms with van der Waals surface area (Å²) in [7, 11) is 0. The molecule has 1 aliphatic rings. The Hall–Kier alpha value is -1.03. The summed E-state index contributed by atoms with van der Waals surface area (Å²) >= 11 is 1.62. The summed E-state index contributed by atoms with van der Waals surface area (Å²) in [5, 5.41) is 3.51. The van der Waals surface area contributed by atoms with Gasteiger partial charge in [-0.15, -0.1) is 0 Å². The lowest BCUT2D eigenvalue weighted by molar-refractivity contribution is 0.508. The standard InChI is InChI=1S/C11H11F2NS/c1-6-11(15-7(2)14-6)8-3-4-9(12)10(13)5-8/h3-5,7,14H,1-2H3. The Morgan fingerprint density at radius 2 is 2.00 bits per heavy atom. The van der Waals surface area contributed by atoms with Crippen molar-refractivity contribution in [3.63, 3.8) is 0 Å². The van der Waals surface area contributed by atoms with Crippen molar-refractivity contribution in [2.75, 3.05) is 0 Å². The van der Waals surface area contributed by atoms with Crippen LogP contribution in [0.15, 0.2) is 23.9 Å². The van der Waals surface area contributed by atoms with Crippen molar-refractivity contribution in [3.05, 3.63) is 41.1 Å². The summed E-state index contributed by atoms with van der Waals surface area (Å²) in [4.78, 5) is 0.987. The fraction of sp³-hybridized carbons (Fsp3) is 0.273. The number of nitrogens with one attached hydrogen (secondary N) is 1. The van der Waals surface area contributed by atoms with Gasteiger partial charge in [0.25, 0.3) is 0 Å². The highest BCUT2D eigenvalue weighted by molar-refractivity contribution is 8.09. The highest BCUT2D eigenvalue weighted by atomic mass is 32.2. The third-order valence-corrected chi connectivity index (χ3v) is 3.49. The van der Waals surface area contributed by atoms with Crippen molar-refractivity contribution in [2.24, 2.45) is 0 Å². The first-order valence-corrected chi connectivity index (χ1v) is 5.55. The van der Waals surface area contributed by atoms with E-state index < -0.39 is 11.6 Å². The van der Waals surface area contributed by atoms with Gasteiger partial charge >= 0.3 is 0 Å². The first-order chi connectivity index (χ1) is 7.08. The zero-order valence-corrected chi connectivity index (χ0v) is 9.29. The van der Waals surface area contributed by atoms with Crippen LogP contribution in [-0.4, -0.2) is 5.37 Å². The predicted molar refractivity (Wildman–Crippen MR) is 59.1 cm³/mol. The summed E-state index contributed by atoms with van der Waals surface area (Å²) in [5.74, 6) is -1.60. The second-order valence-corrected chi connectivity index (χ2v) is 4.84. The van der Waals surface area contributed by atoms with Gasteiger partial charge in [-0.05, 0) is 31.5 Å². The molecule has 15 heavy (non-hydrogen) atoms. The molecule has 1 atom stereocenters. The molecule has 0 spiro atoms. The van der Waals surface area contributed by atoms with E-state index in [1.165, 1.54) is 6.07 Å². The van der Waals surface area contributed by atoms with Crippen molar-refractivity contribution in [1.29, 1.82) is 0 Å². The molecule has 2 rings (SSSR count). The van der Waals surface area contributed by atoms with Gasteiger partial charge in [0.05, 0.1) is 5.37 Å². The molecule has 0 aliphatic carbocycles. The first-order valence-electron chi connectivity index (χ1n) is 4.67. The molecule has 1 heterocycles. The van der Waals surface area contributed by atoms with Crippen LogP contribution in [0.1, 0.15) is 19.4 Å². The van der Waals surface area contributed by atoms with E-state index in [2.05, 4.69) is 5.32 Å². The molecule has 1 aromatic carbocycles. The molecule has 0 saturated carbocycles. The first kappa shape index (κ1) is 10.5. The Morgan fingerprint density at radius 3 is 2.53 bits per heavy atom. The van der Waals surface area contributed by atoms with Crippen LogP contribution < -0.4 is 5.32 Å². The van der Waals surface area contributed by atoms with Crippen LogP contribution in [0.2, 0.25) is 0 Å². The summed E-state index contributed by atoms with van der Waals surface area (Å²) in [6, 6.07) is 4.00. The molecule has 4 heteroatoms. The van der Waals surface area contributed by atoms with Crippen LogP contribution in [0.3, 0.4) is 0 Å². The third kappa shape index (κ3) is 2.00. The van der Waals surface area contributed by atoms with Gasteiger partial charge in [0.2, 0.25) is 0 Å². The number of hydrogen-bond acceptors (Lipinski definition) is 2. The van der Waals surface area contributed by atoms with Crippen LogP contribution in [0.5, 0.6) is 0 Å². The molecule has 1 aliphatic heterocycles. The molecular formula is C11H11F2NS. The predicted octanol–water partition coefficient (Wildman–Crippen LogP) is 3.34. The van der Waals surface area contributed by atoms with E-state index in [1.807, 2.05) is 13.8 Å². The van der Waals surface area contributed by atoms with E-state index in [4.69, 9.17) is 0 Å². The van der Waals surface area contributed by atoms with Gasteiger partial charge in [0, 0.05) is 10.6 Å². The molecule has 1 nitrogen and oxygen atoms in total. The van der Waals surface area contributed by atoms with Crippen LogP contribution in [0.25, 0.3) is 4.91 Å². The van der Waals surface area contributed by atoms with Crippen molar-refractivity contribution in [2.45, 2.75) is 19.2 Å². The maximum atomic E-state index is 13.0. The molecule has 1 aromatic rings. The molecule has 1 N–H and O–H groups in total. The van der Waals surface area contributed by atoms with Crippen molar-refractivity contribution >= 4 is 16.7 Å². The van der Waals surface area contributed by atoms with E-state index in [0.717, 1.165) is 22.2 Å². The molecular weight excluding hydrogens is 216 g/mol. The fourth-order valence-corrected chi connectivity index (χ4v) is 2.67. The Kier molecular flexibility index (Phi) is 2.69. The minimum absolute atomic E-state index is 0.285. The quantitative estimate of drug-likeness (QED) is 0.789. The Labute approximate surface area is 91.6 Å². The minimum atomic E-state index is -0.805. The van der Waals surface area contributed by atoms with Gasteiger partial charge in [0.15, 0.2) is 11.6 Å². The highest BCUT2D eigenvalue weighted by Gasteiger charge is 2.19. The van der Waals surface area contributed by atoms with Crippen LogP contribution >= 0.6 is 11.8 Å². The smallest absolute Gasteiger partial charge is 0.159 e. The van der Waals surface area contributed by atoms with Crippen LogP contribution in [0, 0.1) is 11.6 Å². The second-order valence-electron chi connectivity index (χ2n) is 3.49. The van der Waals surface area contributed by atoms with Crippen molar-refractivity contribution in [3.8, 4) is 0 Å². The van der Waals surface area contributed by atoms with Crippen LogP contribution in [-0.2, 0) is 0 Å². The number of halogens is 2. The maximum Gasteiger partial charge on any atom is 0.159 e. The van der Waals surface area contributed by atoms with Crippen molar-refractivity contribution < 1.29 is 8.78 Å². The summed E-state index contributed by atoms with van der Waals surface area (Å²) < 4.78 is 25.8. The monoisotopic (exact) mass is 227 g/mol. The maximum absolute atomic E-state index is 13.0. The van der Waals surface area contributed by atoms with Gasteiger partial charge in [-0.1, -0.05) is 17.8 Å². The van der Waals surface area contributed by atoms with E-state index >= 15 is 0 Å². The molecule has 0 saturated heterocycles. The van der Waals surface area contributed by atoms with E-state index in [1.54, 1.807) is 17.8 Å². The Morgan fingerprint density at radius 1 is 1.27 bits per heavy atom. The number of rotatable bonds is 1. The van der Waals surface area contributed by atoms with E-state index in [9.17, 15) is 8.78 Å². The van der Waals surface area contributed by atoms with E-state index in [0.29, 0.717) is 0 Å². The van der Waals surface area contributed by atoms with Gasteiger partial charge in [0.1, 0.15) is 0 Å². The SMILES string of the molecule is CC1=C(c2ccc(F)c(F)c2)SC(C)N1. The largest absolute Gasteiger partial charge is 0.376 e. The van der Waals surface area contributed by atoms with Gasteiger partial charge in [-0.3, -0.25) is 0 Å². The molecule has 0 bridgehead atoms. The molecule has 0 amide bonds.